The van der Waals surface area contributed by atoms with Crippen molar-refractivity contribution in [3.8, 4) is 0 Å². The van der Waals surface area contributed by atoms with Crippen LogP contribution in [-0.2, 0) is 21.2 Å². The first-order valence-electron chi connectivity index (χ1n) is 6.79. The maximum Gasteiger partial charge on any atom is 0.335 e. The number of rotatable bonds is 8. The van der Waals surface area contributed by atoms with Crippen LogP contribution in [0.25, 0.3) is 0 Å². The van der Waals surface area contributed by atoms with Gasteiger partial charge in [0.15, 0.2) is 0 Å². The van der Waals surface area contributed by atoms with Crippen LogP contribution in [0.15, 0.2) is 24.3 Å². The van der Waals surface area contributed by atoms with Crippen molar-refractivity contribution in [2.45, 2.75) is 13.3 Å². The van der Waals surface area contributed by atoms with Gasteiger partial charge < -0.3 is 10.4 Å². The molecule has 0 saturated heterocycles. The molecule has 0 unspecified atom stereocenters. The first-order valence-corrected chi connectivity index (χ1v) is 8.40. The molecular weight excluding hydrogens is 308 g/mol. The highest BCUT2D eigenvalue weighted by molar-refractivity contribution is 7.89. The zero-order chi connectivity index (χ0) is 16.8. The van der Waals surface area contributed by atoms with E-state index < -0.39 is 16.0 Å². The van der Waals surface area contributed by atoms with E-state index in [4.69, 9.17) is 5.11 Å². The number of sulfonamides is 1. The van der Waals surface area contributed by atoms with Crippen LogP contribution in [0.4, 0.5) is 0 Å². The zero-order valence-electron chi connectivity index (χ0n) is 12.6. The third-order valence-corrected chi connectivity index (χ3v) is 4.95. The summed E-state index contributed by atoms with van der Waals surface area (Å²) >= 11 is 0. The van der Waals surface area contributed by atoms with Crippen molar-refractivity contribution in [3.05, 3.63) is 35.4 Å². The number of likely N-dealkylation sites (N-methyl/N-ethyl adjacent to an activating group) is 1. The van der Waals surface area contributed by atoms with Crippen molar-refractivity contribution in [2.24, 2.45) is 0 Å². The predicted molar refractivity (Wildman–Crippen MR) is 82.2 cm³/mol. The summed E-state index contributed by atoms with van der Waals surface area (Å²) in [6.45, 7) is 1.66. The molecule has 0 saturated carbocycles. The van der Waals surface area contributed by atoms with Crippen LogP contribution >= 0.6 is 0 Å². The second kappa shape index (κ2) is 7.90. The van der Waals surface area contributed by atoms with Gasteiger partial charge in [0.05, 0.1) is 17.9 Å². The van der Waals surface area contributed by atoms with Crippen LogP contribution in [0.2, 0.25) is 0 Å². The first-order chi connectivity index (χ1) is 10.3. The Morgan fingerprint density at radius 3 is 2.32 bits per heavy atom. The monoisotopic (exact) mass is 328 g/mol. The summed E-state index contributed by atoms with van der Waals surface area (Å²) in [6.07, 6.45) is 0.538. The normalized spacial score (nSPS) is 11.4. The molecule has 122 valence electrons. The van der Waals surface area contributed by atoms with Gasteiger partial charge in [-0.3, -0.25) is 4.79 Å². The molecule has 0 aromatic heterocycles. The summed E-state index contributed by atoms with van der Waals surface area (Å²) in [7, 11) is -2.00. The van der Waals surface area contributed by atoms with E-state index in [0.717, 1.165) is 9.87 Å². The molecule has 7 nitrogen and oxygen atoms in total. The van der Waals surface area contributed by atoms with Gasteiger partial charge in [0.25, 0.3) is 0 Å². The van der Waals surface area contributed by atoms with Gasteiger partial charge in [0, 0.05) is 13.6 Å². The van der Waals surface area contributed by atoms with Crippen molar-refractivity contribution < 1.29 is 23.1 Å². The maximum atomic E-state index is 11.7. The number of hydrogen-bond acceptors (Lipinski definition) is 4. The minimum Gasteiger partial charge on any atom is -0.478 e. The summed E-state index contributed by atoms with van der Waals surface area (Å²) in [5.41, 5.74) is 1.10. The van der Waals surface area contributed by atoms with Gasteiger partial charge in [0.1, 0.15) is 0 Å². The highest BCUT2D eigenvalue weighted by Crippen LogP contribution is 2.04. The van der Waals surface area contributed by atoms with E-state index in [1.165, 1.54) is 26.1 Å². The molecule has 0 atom stereocenters. The van der Waals surface area contributed by atoms with Crippen molar-refractivity contribution >= 4 is 21.9 Å². The lowest BCUT2D eigenvalue weighted by molar-refractivity contribution is -0.121. The summed E-state index contributed by atoms with van der Waals surface area (Å²) in [4.78, 5) is 22.4. The Kier molecular flexibility index (Phi) is 6.51. The molecule has 0 spiro atoms. The molecule has 0 aliphatic carbocycles. The minimum absolute atomic E-state index is 0.0489. The van der Waals surface area contributed by atoms with Gasteiger partial charge >= 0.3 is 5.97 Å². The van der Waals surface area contributed by atoms with E-state index >= 15 is 0 Å². The Bertz CT molecular complexity index is 625. The number of carbonyl (C=O) groups excluding carboxylic acids is 1. The third-order valence-electron chi connectivity index (χ3n) is 3.14. The van der Waals surface area contributed by atoms with Crippen LogP contribution in [0.1, 0.15) is 22.8 Å². The van der Waals surface area contributed by atoms with Crippen LogP contribution in [0, 0.1) is 0 Å². The lowest BCUT2D eigenvalue weighted by Gasteiger charge is -2.15. The van der Waals surface area contributed by atoms with Crippen molar-refractivity contribution in [2.75, 3.05) is 25.9 Å². The number of carbonyl (C=O) groups is 2. The number of nitrogens with one attached hydrogen (secondary N) is 1. The number of benzene rings is 1. The summed E-state index contributed by atoms with van der Waals surface area (Å²) in [5, 5.41) is 11.4. The van der Waals surface area contributed by atoms with Crippen LogP contribution in [0.3, 0.4) is 0 Å². The van der Waals surface area contributed by atoms with E-state index in [-0.39, 0.29) is 23.8 Å². The molecule has 1 amide bonds. The van der Waals surface area contributed by atoms with Crippen molar-refractivity contribution in [3.63, 3.8) is 0 Å². The molecule has 1 aromatic rings. The Balaban J connectivity index is 2.41. The van der Waals surface area contributed by atoms with Crippen molar-refractivity contribution in [1.29, 1.82) is 0 Å². The molecule has 0 fully saturated rings. The molecule has 2 N–H and O–H groups in total. The number of amides is 1. The summed E-state index contributed by atoms with van der Waals surface area (Å²) in [6, 6.07) is 6.37. The number of carboxylic acid groups (broad SMARTS) is 1. The third kappa shape index (κ3) is 5.45. The lowest BCUT2D eigenvalue weighted by Crippen LogP contribution is -2.39. The molecule has 1 rings (SSSR count). The van der Waals surface area contributed by atoms with Gasteiger partial charge in [-0.2, -0.15) is 4.31 Å². The van der Waals surface area contributed by atoms with E-state index in [1.807, 2.05) is 0 Å². The molecule has 0 heterocycles. The molecule has 0 bridgehead atoms. The Hall–Kier alpha value is -1.93. The SMILES string of the molecule is CCS(=O)(=O)N(C)CC(=O)NCCc1ccc(C(=O)O)cc1. The predicted octanol–water partition coefficient (Wildman–Crippen LogP) is 0.325. The Morgan fingerprint density at radius 2 is 1.82 bits per heavy atom. The highest BCUT2D eigenvalue weighted by Gasteiger charge is 2.17. The molecule has 0 aliphatic rings. The van der Waals surface area contributed by atoms with E-state index in [2.05, 4.69) is 5.32 Å². The second-order valence-corrected chi connectivity index (χ2v) is 7.12. The fourth-order valence-corrected chi connectivity index (χ4v) is 2.49. The highest BCUT2D eigenvalue weighted by atomic mass is 32.2. The lowest BCUT2D eigenvalue weighted by atomic mass is 10.1. The molecule has 0 radical (unpaired) electrons. The van der Waals surface area contributed by atoms with Gasteiger partial charge in [0.2, 0.25) is 15.9 Å². The average Bonchev–Trinajstić information content (AvgIpc) is 2.47. The fourth-order valence-electron chi connectivity index (χ4n) is 1.74. The van der Waals surface area contributed by atoms with Crippen LogP contribution < -0.4 is 5.32 Å². The quantitative estimate of drug-likeness (QED) is 0.715. The number of hydrogen-bond donors (Lipinski definition) is 2. The molecule has 0 aliphatic heterocycles. The van der Waals surface area contributed by atoms with Gasteiger partial charge in [-0.1, -0.05) is 12.1 Å². The van der Waals surface area contributed by atoms with Crippen LogP contribution in [0.5, 0.6) is 0 Å². The van der Waals surface area contributed by atoms with E-state index in [1.54, 1.807) is 12.1 Å². The number of carboxylic acids is 1. The molecule has 1 aromatic carbocycles. The average molecular weight is 328 g/mol. The van der Waals surface area contributed by atoms with Crippen LogP contribution in [-0.4, -0.2) is 55.6 Å². The minimum atomic E-state index is -3.37. The van der Waals surface area contributed by atoms with E-state index in [9.17, 15) is 18.0 Å². The molecule has 22 heavy (non-hydrogen) atoms. The topological polar surface area (TPSA) is 104 Å². The first kappa shape index (κ1) is 18.1. The summed E-state index contributed by atoms with van der Waals surface area (Å²) in [5.74, 6) is -1.41. The smallest absolute Gasteiger partial charge is 0.335 e. The van der Waals surface area contributed by atoms with Gasteiger partial charge in [-0.25, -0.2) is 13.2 Å². The largest absolute Gasteiger partial charge is 0.478 e. The Labute approximate surface area is 130 Å². The number of nitrogens with zero attached hydrogens (tertiary/aromatic N) is 1. The molecule has 8 heteroatoms. The fraction of sp³-hybridized carbons (Fsp3) is 0.429. The zero-order valence-corrected chi connectivity index (χ0v) is 13.4. The maximum absolute atomic E-state index is 11.7. The Morgan fingerprint density at radius 1 is 1.23 bits per heavy atom. The van der Waals surface area contributed by atoms with Gasteiger partial charge in [-0.15, -0.1) is 0 Å². The standard InChI is InChI=1S/C14H20N2O5S/c1-3-22(20,21)16(2)10-13(17)15-9-8-11-4-6-12(7-5-11)14(18)19/h4-7H,3,8-10H2,1-2H3,(H,15,17)(H,18,19). The second-order valence-electron chi connectivity index (χ2n) is 4.76. The van der Waals surface area contributed by atoms with Gasteiger partial charge in [-0.05, 0) is 31.0 Å². The summed E-state index contributed by atoms with van der Waals surface area (Å²) < 4.78 is 24.0. The van der Waals surface area contributed by atoms with Crippen molar-refractivity contribution in [1.82, 2.24) is 9.62 Å². The van der Waals surface area contributed by atoms with E-state index in [0.29, 0.717) is 13.0 Å². The molecular formula is C14H20N2O5S. The number of aromatic carboxylic acids is 1.